The molecule has 0 aliphatic carbocycles. The number of amides is 1. The summed E-state index contributed by atoms with van der Waals surface area (Å²) in [7, 11) is 1.86. The number of halogens is 1. The fourth-order valence-electron chi connectivity index (χ4n) is 1.89. The smallest absolute Gasteiger partial charge is 0.271 e. The maximum Gasteiger partial charge on any atom is 0.271 e. The summed E-state index contributed by atoms with van der Waals surface area (Å²) in [5.41, 5.74) is 1.31. The van der Waals surface area contributed by atoms with Crippen molar-refractivity contribution in [1.29, 1.82) is 0 Å². The molecule has 0 saturated carbocycles. The van der Waals surface area contributed by atoms with Crippen molar-refractivity contribution in [2.45, 2.75) is 13.3 Å². The zero-order valence-electron chi connectivity index (χ0n) is 12.1. The van der Waals surface area contributed by atoms with Gasteiger partial charge in [-0.3, -0.25) is 9.48 Å². The van der Waals surface area contributed by atoms with Crippen LogP contribution in [0.2, 0.25) is 5.02 Å². The van der Waals surface area contributed by atoms with Crippen molar-refractivity contribution in [2.24, 2.45) is 7.05 Å². The predicted octanol–water partition coefficient (Wildman–Crippen LogP) is 1.87. The molecule has 21 heavy (non-hydrogen) atoms. The Balaban J connectivity index is 1.94. The standard InChI is InChI=1S/C14H18ClN5O/c1-3-16-12-5-4-11(15)13(19-12)14(21)17-7-6-10-8-18-20(2)9-10/h4-5,8-9H,3,6-7H2,1-2H3,(H,16,19)(H,17,21). The Morgan fingerprint density at radius 3 is 2.90 bits per heavy atom. The number of nitrogens with zero attached hydrogens (tertiary/aromatic N) is 3. The van der Waals surface area contributed by atoms with Gasteiger partial charge in [0.1, 0.15) is 11.5 Å². The maximum atomic E-state index is 12.1. The van der Waals surface area contributed by atoms with E-state index in [2.05, 4.69) is 20.7 Å². The normalized spacial score (nSPS) is 10.4. The molecule has 0 unspecified atom stereocenters. The largest absolute Gasteiger partial charge is 0.370 e. The number of rotatable bonds is 6. The highest BCUT2D eigenvalue weighted by atomic mass is 35.5. The van der Waals surface area contributed by atoms with Crippen molar-refractivity contribution in [1.82, 2.24) is 20.1 Å². The van der Waals surface area contributed by atoms with Gasteiger partial charge in [-0.05, 0) is 31.0 Å². The predicted molar refractivity (Wildman–Crippen MR) is 82.7 cm³/mol. The molecule has 0 radical (unpaired) electrons. The molecule has 2 aromatic heterocycles. The first-order valence-corrected chi connectivity index (χ1v) is 7.14. The Bertz CT molecular complexity index is 626. The topological polar surface area (TPSA) is 71.8 Å². The molecule has 6 nitrogen and oxygen atoms in total. The van der Waals surface area contributed by atoms with Gasteiger partial charge in [-0.15, -0.1) is 0 Å². The molecule has 2 aromatic rings. The average molecular weight is 308 g/mol. The van der Waals surface area contributed by atoms with Gasteiger partial charge in [-0.1, -0.05) is 11.6 Å². The van der Waals surface area contributed by atoms with Crippen molar-refractivity contribution in [2.75, 3.05) is 18.4 Å². The Labute approximate surface area is 128 Å². The summed E-state index contributed by atoms with van der Waals surface area (Å²) in [4.78, 5) is 16.3. The Morgan fingerprint density at radius 1 is 1.43 bits per heavy atom. The summed E-state index contributed by atoms with van der Waals surface area (Å²) in [6.07, 6.45) is 4.41. The highest BCUT2D eigenvalue weighted by Crippen LogP contribution is 2.16. The van der Waals surface area contributed by atoms with Crippen LogP contribution in [0, 0.1) is 0 Å². The zero-order chi connectivity index (χ0) is 15.2. The van der Waals surface area contributed by atoms with Gasteiger partial charge in [-0.2, -0.15) is 5.10 Å². The molecule has 2 rings (SSSR count). The van der Waals surface area contributed by atoms with Crippen LogP contribution in [0.25, 0.3) is 0 Å². The first-order chi connectivity index (χ1) is 10.1. The van der Waals surface area contributed by atoms with Gasteiger partial charge in [0.15, 0.2) is 0 Å². The molecule has 0 aromatic carbocycles. The Hall–Kier alpha value is -2.08. The molecule has 7 heteroatoms. The highest BCUT2D eigenvalue weighted by molar-refractivity contribution is 6.33. The van der Waals surface area contributed by atoms with Crippen LogP contribution in [0.1, 0.15) is 23.0 Å². The minimum Gasteiger partial charge on any atom is -0.370 e. The van der Waals surface area contributed by atoms with Crippen molar-refractivity contribution in [3.63, 3.8) is 0 Å². The average Bonchev–Trinajstić information content (AvgIpc) is 2.87. The van der Waals surface area contributed by atoms with Crippen molar-refractivity contribution < 1.29 is 4.79 Å². The first kappa shape index (κ1) is 15.3. The molecule has 2 N–H and O–H groups in total. The van der Waals surface area contributed by atoms with Crippen LogP contribution in [0.3, 0.4) is 0 Å². The second-order valence-corrected chi connectivity index (χ2v) is 4.99. The second-order valence-electron chi connectivity index (χ2n) is 4.59. The van der Waals surface area contributed by atoms with Crippen LogP contribution in [0.4, 0.5) is 5.82 Å². The van der Waals surface area contributed by atoms with E-state index in [4.69, 9.17) is 11.6 Å². The molecule has 0 saturated heterocycles. The van der Waals surface area contributed by atoms with Crippen molar-refractivity contribution in [3.05, 3.63) is 40.8 Å². The molecule has 0 spiro atoms. The SMILES string of the molecule is CCNc1ccc(Cl)c(C(=O)NCCc2cnn(C)c2)n1. The van der Waals surface area contributed by atoms with E-state index in [9.17, 15) is 4.79 Å². The quantitative estimate of drug-likeness (QED) is 0.854. The van der Waals surface area contributed by atoms with Gasteiger partial charge in [-0.25, -0.2) is 4.98 Å². The fourth-order valence-corrected chi connectivity index (χ4v) is 2.08. The van der Waals surface area contributed by atoms with Gasteiger partial charge in [0.05, 0.1) is 11.2 Å². The molecular formula is C14H18ClN5O. The van der Waals surface area contributed by atoms with Gasteiger partial charge in [0, 0.05) is 26.3 Å². The third kappa shape index (κ3) is 4.19. The van der Waals surface area contributed by atoms with E-state index in [-0.39, 0.29) is 11.6 Å². The van der Waals surface area contributed by atoms with Crippen molar-refractivity contribution in [3.8, 4) is 0 Å². The number of hydrogen-bond donors (Lipinski definition) is 2. The summed E-state index contributed by atoms with van der Waals surface area (Å²) in [5.74, 6) is 0.364. The maximum absolute atomic E-state index is 12.1. The fraction of sp³-hybridized carbons (Fsp3) is 0.357. The molecule has 0 atom stereocenters. The van der Waals surface area contributed by atoms with Crippen LogP contribution >= 0.6 is 11.6 Å². The molecule has 112 valence electrons. The number of pyridine rings is 1. The van der Waals surface area contributed by atoms with Gasteiger partial charge in [0.2, 0.25) is 0 Å². The monoisotopic (exact) mass is 307 g/mol. The molecule has 0 aliphatic rings. The van der Waals surface area contributed by atoms with E-state index >= 15 is 0 Å². The summed E-state index contributed by atoms with van der Waals surface area (Å²) in [6, 6.07) is 3.42. The molecule has 2 heterocycles. The summed E-state index contributed by atoms with van der Waals surface area (Å²) >= 11 is 6.03. The van der Waals surface area contributed by atoms with E-state index in [1.165, 1.54) is 0 Å². The Morgan fingerprint density at radius 2 is 2.24 bits per heavy atom. The number of aryl methyl sites for hydroxylation is 1. The Kier molecular flexibility index (Phi) is 5.16. The molecule has 0 aliphatic heterocycles. The minimum absolute atomic E-state index is 0.237. The van der Waals surface area contributed by atoms with Crippen LogP contribution in [-0.2, 0) is 13.5 Å². The minimum atomic E-state index is -0.274. The number of aromatic nitrogens is 3. The molecule has 0 fully saturated rings. The van der Waals surface area contributed by atoms with E-state index in [0.29, 0.717) is 23.8 Å². The number of hydrogen-bond acceptors (Lipinski definition) is 4. The lowest BCUT2D eigenvalue weighted by Gasteiger charge is -2.08. The molecule has 0 bridgehead atoms. The number of nitrogens with one attached hydrogen (secondary N) is 2. The summed E-state index contributed by atoms with van der Waals surface area (Å²) in [5, 5.41) is 10.3. The van der Waals surface area contributed by atoms with Crippen LogP contribution in [0.5, 0.6) is 0 Å². The highest BCUT2D eigenvalue weighted by Gasteiger charge is 2.12. The summed E-state index contributed by atoms with van der Waals surface area (Å²) in [6.45, 7) is 3.20. The molecular weight excluding hydrogens is 290 g/mol. The number of anilines is 1. The van der Waals surface area contributed by atoms with Crippen LogP contribution in [0.15, 0.2) is 24.5 Å². The molecule has 1 amide bonds. The lowest BCUT2D eigenvalue weighted by molar-refractivity contribution is 0.0949. The second kappa shape index (κ2) is 7.08. The van der Waals surface area contributed by atoms with E-state index in [1.807, 2.05) is 20.2 Å². The van der Waals surface area contributed by atoms with E-state index in [1.54, 1.807) is 23.0 Å². The third-order valence-corrected chi connectivity index (χ3v) is 3.18. The number of carbonyl (C=O) groups is 1. The van der Waals surface area contributed by atoms with Gasteiger partial charge in [0.25, 0.3) is 5.91 Å². The number of carbonyl (C=O) groups excluding carboxylic acids is 1. The van der Waals surface area contributed by atoms with E-state index < -0.39 is 0 Å². The summed E-state index contributed by atoms with van der Waals surface area (Å²) < 4.78 is 1.73. The van der Waals surface area contributed by atoms with E-state index in [0.717, 1.165) is 12.1 Å². The third-order valence-electron chi connectivity index (χ3n) is 2.88. The van der Waals surface area contributed by atoms with Gasteiger partial charge >= 0.3 is 0 Å². The van der Waals surface area contributed by atoms with Crippen molar-refractivity contribution >= 4 is 23.3 Å². The van der Waals surface area contributed by atoms with Crippen LogP contribution < -0.4 is 10.6 Å². The lowest BCUT2D eigenvalue weighted by atomic mass is 10.2. The zero-order valence-corrected chi connectivity index (χ0v) is 12.8. The van der Waals surface area contributed by atoms with Crippen LogP contribution in [-0.4, -0.2) is 33.8 Å². The lowest BCUT2D eigenvalue weighted by Crippen LogP contribution is -2.27. The van der Waals surface area contributed by atoms with Gasteiger partial charge < -0.3 is 10.6 Å². The first-order valence-electron chi connectivity index (χ1n) is 6.76.